The Hall–Kier alpha value is -3.42. The van der Waals surface area contributed by atoms with Crippen molar-refractivity contribution in [3.05, 3.63) is 70.6 Å². The quantitative estimate of drug-likeness (QED) is 0.586. The lowest BCUT2D eigenvalue weighted by atomic mass is 10.0. The van der Waals surface area contributed by atoms with Crippen LogP contribution in [0.3, 0.4) is 0 Å². The zero-order valence-electron chi connectivity index (χ0n) is 16.4. The highest BCUT2D eigenvalue weighted by Gasteiger charge is 2.32. The molecule has 5 nitrogen and oxygen atoms in total. The molecule has 0 saturated heterocycles. The summed E-state index contributed by atoms with van der Waals surface area (Å²) >= 11 is 0. The van der Waals surface area contributed by atoms with Gasteiger partial charge in [0.05, 0.1) is 0 Å². The molecule has 3 aromatic rings. The summed E-state index contributed by atoms with van der Waals surface area (Å²) < 4.78 is 53.8. The number of pyridine rings is 1. The molecule has 4 rings (SSSR count). The summed E-state index contributed by atoms with van der Waals surface area (Å²) in [6.07, 6.45) is -3.12. The predicted octanol–water partition coefficient (Wildman–Crippen LogP) is 5.22. The van der Waals surface area contributed by atoms with E-state index in [0.29, 0.717) is 17.2 Å². The molecule has 0 amide bonds. The Labute approximate surface area is 170 Å². The van der Waals surface area contributed by atoms with E-state index >= 15 is 0 Å². The normalized spacial score (nSPS) is 14.6. The highest BCUT2D eigenvalue weighted by atomic mass is 19.4. The van der Waals surface area contributed by atoms with E-state index in [-0.39, 0.29) is 11.3 Å². The molecule has 0 saturated carbocycles. The Balaban J connectivity index is 1.72. The molecule has 1 aliphatic rings. The fourth-order valence-electron chi connectivity index (χ4n) is 3.33. The van der Waals surface area contributed by atoms with Crippen LogP contribution in [-0.2, 0) is 0 Å². The topological polar surface area (TPSA) is 49.7 Å². The second-order valence-electron chi connectivity index (χ2n) is 7.39. The standard InChI is InChI=1S/C22H18F3NO4/c1-13-10-20(27)26(15-5-7-16(8-6-15)28-22(23,24)25)12-17(13)14-4-9-18-19(11-14)30-21(2,3)29-18/h4-12H,1-3H3. The van der Waals surface area contributed by atoms with Gasteiger partial charge in [0.25, 0.3) is 5.56 Å². The van der Waals surface area contributed by atoms with Crippen molar-refractivity contribution in [2.24, 2.45) is 0 Å². The number of hydrogen-bond donors (Lipinski definition) is 0. The minimum atomic E-state index is -4.77. The first kappa shape index (κ1) is 19.9. The van der Waals surface area contributed by atoms with Crippen LogP contribution in [0.1, 0.15) is 19.4 Å². The number of nitrogens with zero attached hydrogens (tertiary/aromatic N) is 1. The van der Waals surface area contributed by atoms with Gasteiger partial charge < -0.3 is 14.2 Å². The summed E-state index contributed by atoms with van der Waals surface area (Å²) in [5.74, 6) is 0.123. The fourth-order valence-corrected chi connectivity index (χ4v) is 3.33. The molecule has 156 valence electrons. The summed E-state index contributed by atoms with van der Waals surface area (Å²) in [4.78, 5) is 12.5. The lowest BCUT2D eigenvalue weighted by molar-refractivity contribution is -0.274. The van der Waals surface area contributed by atoms with E-state index in [1.54, 1.807) is 12.3 Å². The van der Waals surface area contributed by atoms with Crippen LogP contribution in [0.2, 0.25) is 0 Å². The van der Waals surface area contributed by atoms with Gasteiger partial charge in [0.2, 0.25) is 5.79 Å². The molecule has 0 unspecified atom stereocenters. The lowest BCUT2D eigenvalue weighted by Gasteiger charge is -2.16. The molecule has 0 aliphatic carbocycles. The Bertz CT molecular complexity index is 1160. The third-order valence-electron chi connectivity index (χ3n) is 4.58. The molecule has 0 bridgehead atoms. The first-order valence-electron chi connectivity index (χ1n) is 9.13. The highest BCUT2D eigenvalue weighted by molar-refractivity contribution is 5.70. The predicted molar refractivity (Wildman–Crippen MR) is 104 cm³/mol. The summed E-state index contributed by atoms with van der Waals surface area (Å²) in [5.41, 5.74) is 2.46. The highest BCUT2D eigenvalue weighted by Crippen LogP contribution is 2.41. The largest absolute Gasteiger partial charge is 0.573 e. The van der Waals surface area contributed by atoms with E-state index < -0.39 is 12.1 Å². The Morgan fingerprint density at radius 3 is 2.30 bits per heavy atom. The molecule has 0 radical (unpaired) electrons. The monoisotopic (exact) mass is 417 g/mol. The maximum absolute atomic E-state index is 12.5. The zero-order chi connectivity index (χ0) is 21.7. The van der Waals surface area contributed by atoms with Crippen molar-refractivity contribution in [2.75, 3.05) is 0 Å². The van der Waals surface area contributed by atoms with Crippen molar-refractivity contribution in [3.8, 4) is 34.1 Å². The van der Waals surface area contributed by atoms with Crippen molar-refractivity contribution in [1.82, 2.24) is 4.57 Å². The molecular formula is C22H18F3NO4. The van der Waals surface area contributed by atoms with Gasteiger partial charge in [-0.2, -0.15) is 0 Å². The number of aryl methyl sites for hydroxylation is 1. The maximum Gasteiger partial charge on any atom is 0.573 e. The van der Waals surface area contributed by atoms with E-state index in [0.717, 1.165) is 28.8 Å². The van der Waals surface area contributed by atoms with Crippen LogP contribution in [0.5, 0.6) is 17.2 Å². The molecule has 0 spiro atoms. The Morgan fingerprint density at radius 2 is 1.63 bits per heavy atom. The third-order valence-corrected chi connectivity index (χ3v) is 4.58. The summed E-state index contributed by atoms with van der Waals surface area (Å²) in [5, 5.41) is 0. The first-order chi connectivity index (χ1) is 14.0. The SMILES string of the molecule is Cc1cc(=O)n(-c2ccc(OC(F)(F)F)cc2)cc1-c1ccc2c(c1)OC(C)(C)O2. The van der Waals surface area contributed by atoms with E-state index in [1.165, 1.54) is 22.8 Å². The minimum Gasteiger partial charge on any atom is -0.449 e. The summed E-state index contributed by atoms with van der Waals surface area (Å²) in [6, 6.07) is 12.1. The molecule has 30 heavy (non-hydrogen) atoms. The number of benzene rings is 2. The van der Waals surface area contributed by atoms with Crippen LogP contribution in [-0.4, -0.2) is 16.7 Å². The Kier molecular flexibility index (Phi) is 4.52. The van der Waals surface area contributed by atoms with Gasteiger partial charge in [-0.25, -0.2) is 0 Å². The average molecular weight is 417 g/mol. The van der Waals surface area contributed by atoms with E-state index in [4.69, 9.17) is 9.47 Å². The van der Waals surface area contributed by atoms with Gasteiger partial charge in [-0.15, -0.1) is 13.2 Å². The number of aromatic nitrogens is 1. The number of fused-ring (bicyclic) bond motifs is 1. The number of hydrogen-bond acceptors (Lipinski definition) is 4. The molecular weight excluding hydrogens is 399 g/mol. The van der Waals surface area contributed by atoms with Gasteiger partial charge in [-0.1, -0.05) is 6.07 Å². The minimum absolute atomic E-state index is 0.303. The lowest BCUT2D eigenvalue weighted by Crippen LogP contribution is -2.29. The van der Waals surface area contributed by atoms with E-state index in [1.807, 2.05) is 32.9 Å². The molecule has 8 heteroatoms. The van der Waals surface area contributed by atoms with Gasteiger partial charge in [-0.05, 0) is 54.4 Å². The van der Waals surface area contributed by atoms with Gasteiger partial charge in [-0.3, -0.25) is 9.36 Å². The van der Waals surface area contributed by atoms with Crippen LogP contribution in [0.25, 0.3) is 16.8 Å². The number of rotatable bonds is 3. The molecule has 2 aromatic carbocycles. The van der Waals surface area contributed by atoms with Crippen LogP contribution >= 0.6 is 0 Å². The zero-order valence-corrected chi connectivity index (χ0v) is 16.4. The van der Waals surface area contributed by atoms with E-state index in [2.05, 4.69) is 4.74 Å². The Morgan fingerprint density at radius 1 is 0.967 bits per heavy atom. The molecule has 1 aromatic heterocycles. The van der Waals surface area contributed by atoms with Crippen molar-refractivity contribution < 1.29 is 27.4 Å². The van der Waals surface area contributed by atoms with Gasteiger partial charge in [0, 0.05) is 37.4 Å². The van der Waals surface area contributed by atoms with Crippen LogP contribution < -0.4 is 19.8 Å². The molecule has 1 aliphatic heterocycles. The third kappa shape index (κ3) is 3.98. The van der Waals surface area contributed by atoms with Gasteiger partial charge in [0.1, 0.15) is 5.75 Å². The van der Waals surface area contributed by atoms with E-state index in [9.17, 15) is 18.0 Å². The maximum atomic E-state index is 12.5. The van der Waals surface area contributed by atoms with Crippen molar-refractivity contribution in [1.29, 1.82) is 0 Å². The van der Waals surface area contributed by atoms with Crippen LogP contribution in [0.4, 0.5) is 13.2 Å². The second kappa shape index (κ2) is 6.83. The number of halogens is 3. The number of alkyl halides is 3. The molecule has 0 N–H and O–H groups in total. The van der Waals surface area contributed by atoms with Crippen molar-refractivity contribution in [3.63, 3.8) is 0 Å². The molecule has 0 atom stereocenters. The van der Waals surface area contributed by atoms with Crippen LogP contribution in [0.15, 0.2) is 59.5 Å². The average Bonchev–Trinajstić information content (AvgIpc) is 2.94. The summed E-state index contributed by atoms with van der Waals surface area (Å²) in [6.45, 7) is 5.43. The fraction of sp³-hybridized carbons (Fsp3) is 0.227. The van der Waals surface area contributed by atoms with Crippen molar-refractivity contribution in [2.45, 2.75) is 32.9 Å². The second-order valence-corrected chi connectivity index (χ2v) is 7.39. The molecule has 2 heterocycles. The van der Waals surface area contributed by atoms with Gasteiger partial charge >= 0.3 is 6.36 Å². The van der Waals surface area contributed by atoms with Crippen LogP contribution in [0, 0.1) is 6.92 Å². The smallest absolute Gasteiger partial charge is 0.449 e. The van der Waals surface area contributed by atoms with Crippen molar-refractivity contribution >= 4 is 0 Å². The molecule has 0 fully saturated rings. The van der Waals surface area contributed by atoms with Gasteiger partial charge in [0.15, 0.2) is 11.5 Å². The first-order valence-corrected chi connectivity index (χ1v) is 9.13. The summed E-state index contributed by atoms with van der Waals surface area (Å²) in [7, 11) is 0. The number of ether oxygens (including phenoxy) is 3.